The number of ether oxygens (including phenoxy) is 2. The Kier molecular flexibility index (Phi) is 11.9. The van der Waals surface area contributed by atoms with E-state index in [1.807, 2.05) is 52.0 Å². The minimum absolute atomic E-state index is 0.135. The standard InChI is InChI=1S/C46H52N10O6/c1-25(2)37(53-45(59)61-5)43(57)55-21-9-13-35(55)41-49-23-33(51-41)27-15-17-31(39-29(27)11-7-19-47-39)32-18-16-28(30-12-8-20-48-40(30)32)34-24-50-42(52-34)36-14-10-22-56(36)44(58)38(26(3)4)54-46(60)62-6/h7-8,11-12,15-20,23-26,35-38H,9-10,13-14,21-22H2,1-6H3,(H,49,51)(H,50,52)(H,53,59)(H,54,60)/t35-,36-,37-,38-/m0/s1. The van der Waals surface area contributed by atoms with Gasteiger partial charge in [-0.05, 0) is 49.7 Å². The molecule has 62 heavy (non-hydrogen) atoms. The van der Waals surface area contributed by atoms with Crippen LogP contribution in [0.1, 0.15) is 77.1 Å². The maximum absolute atomic E-state index is 13.8. The second kappa shape index (κ2) is 17.6. The van der Waals surface area contributed by atoms with Crippen molar-refractivity contribution in [3.05, 3.63) is 85.0 Å². The third-order valence-corrected chi connectivity index (χ3v) is 12.1. The third-order valence-electron chi connectivity index (χ3n) is 12.1. The van der Waals surface area contributed by atoms with Gasteiger partial charge in [0.05, 0.1) is 61.1 Å². The number of hydrogen-bond donors (Lipinski definition) is 4. The first-order valence-electron chi connectivity index (χ1n) is 21.1. The highest BCUT2D eigenvalue weighted by Crippen LogP contribution is 2.41. The summed E-state index contributed by atoms with van der Waals surface area (Å²) in [6.45, 7) is 8.71. The highest BCUT2D eigenvalue weighted by Gasteiger charge is 2.39. The summed E-state index contributed by atoms with van der Waals surface area (Å²) < 4.78 is 9.60. The van der Waals surface area contributed by atoms with Crippen LogP contribution in [-0.2, 0) is 19.1 Å². The average Bonchev–Trinajstić information content (AvgIpc) is 4.13. The van der Waals surface area contributed by atoms with E-state index in [4.69, 9.17) is 29.4 Å². The molecule has 0 radical (unpaired) electrons. The fourth-order valence-corrected chi connectivity index (χ4v) is 8.92. The van der Waals surface area contributed by atoms with Crippen LogP contribution in [0.3, 0.4) is 0 Å². The summed E-state index contributed by atoms with van der Waals surface area (Å²) in [6.07, 6.45) is 9.01. The van der Waals surface area contributed by atoms with Gasteiger partial charge < -0.3 is 39.9 Å². The highest BCUT2D eigenvalue weighted by molar-refractivity contribution is 6.09. The predicted molar refractivity (Wildman–Crippen MR) is 233 cm³/mol. The summed E-state index contributed by atoms with van der Waals surface area (Å²) in [5.74, 6) is 0.768. The molecule has 4 aromatic heterocycles. The van der Waals surface area contributed by atoms with Gasteiger partial charge in [0, 0.05) is 58.5 Å². The lowest BCUT2D eigenvalue weighted by molar-refractivity contribution is -0.136. The first-order chi connectivity index (χ1) is 30.0. The maximum atomic E-state index is 13.8. The number of H-pyrrole nitrogens is 2. The molecule has 8 rings (SSSR count). The number of likely N-dealkylation sites (tertiary alicyclic amines) is 2. The lowest BCUT2D eigenvalue weighted by Crippen LogP contribution is -2.51. The van der Waals surface area contributed by atoms with Crippen molar-refractivity contribution >= 4 is 45.8 Å². The average molecular weight is 841 g/mol. The first kappa shape index (κ1) is 41.9. The van der Waals surface area contributed by atoms with Crippen molar-refractivity contribution in [1.29, 1.82) is 0 Å². The van der Waals surface area contributed by atoms with Gasteiger partial charge in [-0.15, -0.1) is 0 Å². The van der Waals surface area contributed by atoms with Gasteiger partial charge >= 0.3 is 12.2 Å². The SMILES string of the molecule is COC(=O)N[C@H](C(=O)N1CCC[C@H]1c1ncc(-c2ccc(-c3ccc(-c4cnc([C@@H]5CCCN5C(=O)[C@@H](NC(=O)OC)C(C)C)[nH]4)c4cccnc34)c3ncccc23)[nH]1)C(C)C. The molecule has 2 aliphatic rings. The number of alkyl carbamates (subject to hydrolysis) is 2. The Morgan fingerprint density at radius 1 is 0.613 bits per heavy atom. The van der Waals surface area contributed by atoms with Crippen LogP contribution in [0.2, 0.25) is 0 Å². The molecule has 4 amide bonds. The number of rotatable bonds is 11. The number of nitrogens with zero attached hydrogens (tertiary/aromatic N) is 6. The van der Waals surface area contributed by atoms with Gasteiger partial charge in [0.15, 0.2) is 0 Å². The second-order valence-electron chi connectivity index (χ2n) is 16.6. The number of carbonyl (C=O) groups is 4. The van der Waals surface area contributed by atoms with E-state index < -0.39 is 24.3 Å². The van der Waals surface area contributed by atoms with Crippen LogP contribution in [0.5, 0.6) is 0 Å². The van der Waals surface area contributed by atoms with Gasteiger partial charge in [0.1, 0.15) is 23.7 Å². The van der Waals surface area contributed by atoms with E-state index in [2.05, 4.69) is 44.9 Å². The molecule has 322 valence electrons. The first-order valence-corrected chi connectivity index (χ1v) is 21.1. The third kappa shape index (κ3) is 7.92. The van der Waals surface area contributed by atoms with Crippen molar-refractivity contribution in [2.45, 2.75) is 77.5 Å². The number of carbonyl (C=O) groups excluding carboxylic acids is 4. The van der Waals surface area contributed by atoms with Crippen LogP contribution in [0.25, 0.3) is 55.4 Å². The molecule has 6 aromatic rings. The molecule has 2 saturated heterocycles. The normalized spacial score (nSPS) is 17.5. The zero-order chi connectivity index (χ0) is 43.7. The Labute approximate surface area is 359 Å². The van der Waals surface area contributed by atoms with Crippen molar-refractivity contribution in [3.8, 4) is 33.6 Å². The number of fused-ring (bicyclic) bond motifs is 2. The molecular formula is C46H52N10O6. The summed E-state index contributed by atoms with van der Waals surface area (Å²) in [5.41, 5.74) is 6.84. The van der Waals surface area contributed by atoms with E-state index in [0.29, 0.717) is 24.7 Å². The topological polar surface area (TPSA) is 200 Å². The number of aromatic nitrogens is 6. The fourth-order valence-electron chi connectivity index (χ4n) is 8.92. The number of methoxy groups -OCH3 is 2. The number of amides is 4. The quantitative estimate of drug-likeness (QED) is 0.102. The maximum Gasteiger partial charge on any atom is 0.407 e. The fraction of sp³-hybridized carbons (Fsp3) is 0.391. The van der Waals surface area contributed by atoms with Crippen LogP contribution in [0.15, 0.2) is 73.3 Å². The molecular weight excluding hydrogens is 789 g/mol. The predicted octanol–water partition coefficient (Wildman–Crippen LogP) is 7.32. The Bertz CT molecular complexity index is 2460. The van der Waals surface area contributed by atoms with E-state index >= 15 is 0 Å². The lowest BCUT2D eigenvalue weighted by Gasteiger charge is -2.30. The molecule has 4 N–H and O–H groups in total. The molecule has 0 aliphatic carbocycles. The molecule has 2 aromatic carbocycles. The van der Waals surface area contributed by atoms with Gasteiger partial charge in [-0.2, -0.15) is 0 Å². The molecule has 4 atom stereocenters. The van der Waals surface area contributed by atoms with E-state index in [1.165, 1.54) is 14.2 Å². The number of hydrogen-bond acceptors (Lipinski definition) is 10. The zero-order valence-corrected chi connectivity index (χ0v) is 35.8. The minimum Gasteiger partial charge on any atom is -0.453 e. The zero-order valence-electron chi connectivity index (χ0n) is 35.8. The van der Waals surface area contributed by atoms with E-state index in [0.717, 1.165) is 81.1 Å². The monoisotopic (exact) mass is 840 g/mol. The lowest BCUT2D eigenvalue weighted by atomic mass is 9.93. The number of pyridine rings is 2. The van der Waals surface area contributed by atoms with Gasteiger partial charge in [-0.25, -0.2) is 19.6 Å². The molecule has 6 heterocycles. The summed E-state index contributed by atoms with van der Waals surface area (Å²) in [6, 6.07) is 14.2. The van der Waals surface area contributed by atoms with Crippen molar-refractivity contribution in [2.75, 3.05) is 27.3 Å². The number of nitrogens with one attached hydrogen (secondary N) is 4. The Morgan fingerprint density at radius 2 is 1.02 bits per heavy atom. The summed E-state index contributed by atoms with van der Waals surface area (Å²) in [4.78, 5) is 81.7. The number of imidazole rings is 2. The van der Waals surface area contributed by atoms with Crippen molar-refractivity contribution < 1.29 is 28.7 Å². The van der Waals surface area contributed by atoms with Gasteiger partial charge in [0.2, 0.25) is 11.8 Å². The summed E-state index contributed by atoms with van der Waals surface area (Å²) in [7, 11) is 2.57. The van der Waals surface area contributed by atoms with Crippen molar-refractivity contribution in [3.63, 3.8) is 0 Å². The van der Waals surface area contributed by atoms with E-state index in [9.17, 15) is 19.2 Å². The molecule has 2 fully saturated rings. The van der Waals surface area contributed by atoms with Crippen molar-refractivity contribution in [2.24, 2.45) is 11.8 Å². The summed E-state index contributed by atoms with van der Waals surface area (Å²) >= 11 is 0. The number of benzene rings is 2. The number of aromatic amines is 2. The largest absolute Gasteiger partial charge is 0.453 e. The van der Waals surface area contributed by atoms with Crippen LogP contribution in [0.4, 0.5) is 9.59 Å². The molecule has 0 unspecified atom stereocenters. The van der Waals surface area contributed by atoms with Crippen LogP contribution in [-0.4, -0.2) is 103 Å². The smallest absolute Gasteiger partial charge is 0.407 e. The Balaban J connectivity index is 1.08. The van der Waals surface area contributed by atoms with E-state index in [-0.39, 0.29) is 35.7 Å². The second-order valence-corrected chi connectivity index (χ2v) is 16.6. The van der Waals surface area contributed by atoms with Crippen LogP contribution >= 0.6 is 0 Å². The molecule has 16 heteroatoms. The molecule has 2 aliphatic heterocycles. The Morgan fingerprint density at radius 3 is 1.40 bits per heavy atom. The molecule has 0 spiro atoms. The van der Waals surface area contributed by atoms with Gasteiger partial charge in [-0.1, -0.05) is 64.1 Å². The van der Waals surface area contributed by atoms with Gasteiger partial charge in [0.25, 0.3) is 0 Å². The Hall–Kier alpha value is -6.84. The van der Waals surface area contributed by atoms with E-state index in [1.54, 1.807) is 34.6 Å². The molecule has 16 nitrogen and oxygen atoms in total. The van der Waals surface area contributed by atoms with Crippen LogP contribution < -0.4 is 10.6 Å². The van der Waals surface area contributed by atoms with Crippen molar-refractivity contribution in [1.82, 2.24) is 50.3 Å². The minimum atomic E-state index is -0.723. The van der Waals surface area contributed by atoms with Gasteiger partial charge in [-0.3, -0.25) is 19.6 Å². The molecule has 0 bridgehead atoms. The summed E-state index contributed by atoms with van der Waals surface area (Å²) in [5, 5.41) is 7.27. The molecule has 0 saturated carbocycles. The van der Waals surface area contributed by atoms with Crippen LogP contribution in [0, 0.1) is 11.8 Å². The highest BCUT2D eigenvalue weighted by atomic mass is 16.5.